The van der Waals surface area contributed by atoms with Crippen LogP contribution in [0, 0.1) is 0 Å². The van der Waals surface area contributed by atoms with Crippen molar-refractivity contribution in [3.63, 3.8) is 0 Å². The van der Waals surface area contributed by atoms with E-state index in [2.05, 4.69) is 36.9 Å². The van der Waals surface area contributed by atoms with Gasteiger partial charge in [0.15, 0.2) is 5.17 Å². The van der Waals surface area contributed by atoms with Crippen LogP contribution < -0.4 is 4.74 Å². The molecule has 0 saturated carbocycles. The zero-order chi connectivity index (χ0) is 21.8. The molecule has 158 valence electrons. The Kier molecular flexibility index (Phi) is 7.82. The number of aliphatic imine (C=N–C) groups is 1. The highest BCUT2D eigenvalue weighted by atomic mass is 79.9. The highest BCUT2D eigenvalue weighted by molar-refractivity contribution is 9.10. The van der Waals surface area contributed by atoms with Gasteiger partial charge in [-0.1, -0.05) is 44.0 Å². The normalized spacial score (nSPS) is 17.1. The quantitative estimate of drug-likeness (QED) is 0.367. The number of halogens is 2. The second-order valence-corrected chi connectivity index (χ2v) is 10.3. The van der Waals surface area contributed by atoms with Gasteiger partial charge in [0.1, 0.15) is 12.4 Å². The zero-order valence-electron chi connectivity index (χ0n) is 17.4. The monoisotopic (exact) mass is 550 g/mol. The number of hydrogen-bond acceptors (Lipinski definition) is 4. The lowest BCUT2D eigenvalue weighted by molar-refractivity contribution is -0.123. The van der Waals surface area contributed by atoms with Crippen LogP contribution in [0.2, 0.25) is 0 Å². The molecule has 1 saturated heterocycles. The molecule has 1 amide bonds. The Balaban J connectivity index is 1.89. The van der Waals surface area contributed by atoms with Crippen molar-refractivity contribution in [1.29, 1.82) is 0 Å². The predicted molar refractivity (Wildman–Crippen MR) is 133 cm³/mol. The highest BCUT2D eigenvalue weighted by Crippen LogP contribution is 2.36. The molecule has 0 spiro atoms. The van der Waals surface area contributed by atoms with Crippen LogP contribution >= 0.6 is 43.6 Å². The first-order valence-corrected chi connectivity index (χ1v) is 12.1. The van der Waals surface area contributed by atoms with Gasteiger partial charge >= 0.3 is 0 Å². The molecule has 4 nitrogen and oxygen atoms in total. The number of benzene rings is 2. The van der Waals surface area contributed by atoms with E-state index in [-0.39, 0.29) is 18.0 Å². The van der Waals surface area contributed by atoms with Gasteiger partial charge in [0, 0.05) is 26.6 Å². The molecule has 1 aliphatic rings. The molecule has 0 aliphatic carbocycles. The largest absolute Gasteiger partial charge is 0.488 e. The Morgan fingerprint density at radius 1 is 1.07 bits per heavy atom. The third kappa shape index (κ3) is 5.77. The van der Waals surface area contributed by atoms with Gasteiger partial charge in [0.25, 0.3) is 5.91 Å². The van der Waals surface area contributed by atoms with Crippen molar-refractivity contribution in [2.24, 2.45) is 4.99 Å². The van der Waals surface area contributed by atoms with Crippen molar-refractivity contribution < 1.29 is 9.53 Å². The van der Waals surface area contributed by atoms with Crippen LogP contribution in [0.25, 0.3) is 6.08 Å². The summed E-state index contributed by atoms with van der Waals surface area (Å²) in [5.41, 5.74) is 1.93. The lowest BCUT2D eigenvalue weighted by Gasteiger charge is -2.20. The van der Waals surface area contributed by atoms with E-state index in [0.29, 0.717) is 11.5 Å². The standard InChI is InChI=1S/C23H24Br2N2O2S/c1-14(2)26-23-27(15(3)4)22(28)21(30-23)12-17-11-19(25)9-10-20(17)29-13-16-5-7-18(24)8-6-16/h5-12,14-15H,13H2,1-4H3/b21-12+,26-23?. The van der Waals surface area contributed by atoms with Crippen LogP contribution in [0.4, 0.5) is 0 Å². The van der Waals surface area contributed by atoms with Crippen LogP contribution in [0.3, 0.4) is 0 Å². The SMILES string of the molecule is CC(C)N=C1S/C(=C/c2cc(Br)ccc2OCc2ccc(Br)cc2)C(=O)N1C(C)C. The maximum atomic E-state index is 13.0. The van der Waals surface area contributed by atoms with Gasteiger partial charge in [0.2, 0.25) is 0 Å². The second kappa shape index (κ2) is 10.2. The molecule has 0 unspecified atom stereocenters. The van der Waals surface area contributed by atoms with Gasteiger partial charge in [0.05, 0.1) is 4.91 Å². The van der Waals surface area contributed by atoms with Crippen LogP contribution in [0.1, 0.15) is 38.8 Å². The fraction of sp³-hybridized carbons (Fsp3) is 0.304. The number of carbonyl (C=O) groups is 1. The summed E-state index contributed by atoms with van der Waals surface area (Å²) in [6, 6.07) is 14.0. The molecule has 3 rings (SSSR count). The Morgan fingerprint density at radius 3 is 2.37 bits per heavy atom. The molecule has 0 aromatic heterocycles. The molecule has 0 atom stereocenters. The van der Waals surface area contributed by atoms with E-state index in [0.717, 1.165) is 31.0 Å². The van der Waals surface area contributed by atoms with E-state index in [1.165, 1.54) is 11.8 Å². The first kappa shape index (κ1) is 23.1. The molecule has 30 heavy (non-hydrogen) atoms. The Bertz CT molecular complexity index is 985. The average Bonchev–Trinajstić information content (AvgIpc) is 2.97. The molecule has 1 fully saturated rings. The van der Waals surface area contributed by atoms with Gasteiger partial charge in [-0.25, -0.2) is 0 Å². The summed E-state index contributed by atoms with van der Waals surface area (Å²) in [7, 11) is 0. The molecule has 2 aromatic rings. The van der Waals surface area contributed by atoms with Crippen LogP contribution in [-0.2, 0) is 11.4 Å². The maximum Gasteiger partial charge on any atom is 0.266 e. The van der Waals surface area contributed by atoms with Gasteiger partial charge in [-0.2, -0.15) is 0 Å². The number of carbonyl (C=O) groups excluding carboxylic acids is 1. The van der Waals surface area contributed by atoms with Crippen LogP contribution in [0.5, 0.6) is 5.75 Å². The Labute approximate surface area is 199 Å². The summed E-state index contributed by atoms with van der Waals surface area (Å²) in [5.74, 6) is 0.709. The molecular weight excluding hydrogens is 528 g/mol. The van der Waals surface area contributed by atoms with Crippen molar-refractivity contribution in [1.82, 2.24) is 4.90 Å². The smallest absolute Gasteiger partial charge is 0.266 e. The molecule has 1 heterocycles. The van der Waals surface area contributed by atoms with Gasteiger partial charge in [-0.3, -0.25) is 14.7 Å². The fourth-order valence-electron chi connectivity index (χ4n) is 2.90. The van der Waals surface area contributed by atoms with Gasteiger partial charge < -0.3 is 4.74 Å². The number of rotatable bonds is 6. The van der Waals surface area contributed by atoms with Crippen molar-refractivity contribution >= 4 is 60.8 Å². The average molecular weight is 552 g/mol. The van der Waals surface area contributed by atoms with E-state index in [9.17, 15) is 4.79 Å². The summed E-state index contributed by atoms with van der Waals surface area (Å²) in [5, 5.41) is 0.753. The molecule has 0 N–H and O–H groups in total. The second-order valence-electron chi connectivity index (χ2n) is 7.48. The summed E-state index contributed by atoms with van der Waals surface area (Å²) in [6.07, 6.45) is 1.90. The summed E-state index contributed by atoms with van der Waals surface area (Å²) < 4.78 is 8.05. The fourth-order valence-corrected chi connectivity index (χ4v) is 4.77. The van der Waals surface area contributed by atoms with Gasteiger partial charge in [-0.05, 0) is 81.4 Å². The molecular formula is C23H24Br2N2O2S. The summed E-state index contributed by atoms with van der Waals surface area (Å²) >= 11 is 8.40. The first-order chi connectivity index (χ1) is 14.2. The minimum atomic E-state index is -0.0202. The molecule has 1 aliphatic heterocycles. The molecule has 0 radical (unpaired) electrons. The lowest BCUT2D eigenvalue weighted by atomic mass is 10.1. The van der Waals surface area contributed by atoms with Crippen molar-refractivity contribution in [3.8, 4) is 5.75 Å². The first-order valence-electron chi connectivity index (χ1n) is 9.72. The molecule has 7 heteroatoms. The van der Waals surface area contributed by atoms with E-state index in [1.54, 1.807) is 4.90 Å². The van der Waals surface area contributed by atoms with Crippen LogP contribution in [0.15, 0.2) is 61.3 Å². The van der Waals surface area contributed by atoms with E-state index >= 15 is 0 Å². The third-order valence-corrected chi connectivity index (χ3v) is 6.31. The van der Waals surface area contributed by atoms with Gasteiger partial charge in [-0.15, -0.1) is 0 Å². The van der Waals surface area contributed by atoms with Crippen molar-refractivity contribution in [2.75, 3.05) is 0 Å². The maximum absolute atomic E-state index is 13.0. The number of amidine groups is 1. The topological polar surface area (TPSA) is 41.9 Å². The van der Waals surface area contributed by atoms with E-state index in [1.807, 2.05) is 76.2 Å². The number of nitrogens with zero attached hydrogens (tertiary/aromatic N) is 2. The lowest BCUT2D eigenvalue weighted by Crippen LogP contribution is -2.35. The minimum absolute atomic E-state index is 0.0202. The van der Waals surface area contributed by atoms with E-state index < -0.39 is 0 Å². The van der Waals surface area contributed by atoms with Crippen LogP contribution in [-0.4, -0.2) is 28.1 Å². The van der Waals surface area contributed by atoms with Crippen molar-refractivity contribution in [2.45, 2.75) is 46.4 Å². The number of amides is 1. The third-order valence-electron chi connectivity index (χ3n) is 4.29. The van der Waals surface area contributed by atoms with E-state index in [4.69, 9.17) is 4.74 Å². The zero-order valence-corrected chi connectivity index (χ0v) is 21.3. The number of ether oxygens (including phenoxy) is 1. The summed E-state index contributed by atoms with van der Waals surface area (Å²) in [4.78, 5) is 20.1. The minimum Gasteiger partial charge on any atom is -0.488 e. The summed E-state index contributed by atoms with van der Waals surface area (Å²) in [6.45, 7) is 8.48. The molecule has 2 aromatic carbocycles. The Hall–Kier alpha value is -1.57. The Morgan fingerprint density at radius 2 is 1.73 bits per heavy atom. The number of thioether (sulfide) groups is 1. The predicted octanol–water partition coefficient (Wildman–Crippen LogP) is 6.88. The highest BCUT2D eigenvalue weighted by Gasteiger charge is 2.35. The number of hydrogen-bond donors (Lipinski definition) is 0. The van der Waals surface area contributed by atoms with Crippen molar-refractivity contribution in [3.05, 3.63) is 67.4 Å². The molecule has 0 bridgehead atoms.